The van der Waals surface area contributed by atoms with E-state index in [4.69, 9.17) is 5.73 Å². The van der Waals surface area contributed by atoms with Gasteiger partial charge in [0, 0.05) is 24.7 Å². The second-order valence-corrected chi connectivity index (χ2v) is 5.87. The molecule has 0 aliphatic heterocycles. The molecular weight excluding hydrogens is 246 g/mol. The molecule has 0 radical (unpaired) electrons. The molecule has 108 valence electrons. The largest absolute Gasteiger partial charge is 0.327 e. The summed E-state index contributed by atoms with van der Waals surface area (Å²) in [4.78, 5) is 0. The first-order valence-electron chi connectivity index (χ1n) is 7.40. The zero-order chi connectivity index (χ0) is 14.5. The lowest BCUT2D eigenvalue weighted by atomic mass is 10.0. The van der Waals surface area contributed by atoms with Crippen molar-refractivity contribution >= 4 is 0 Å². The van der Waals surface area contributed by atoms with Gasteiger partial charge in [-0.2, -0.15) is 5.10 Å². The van der Waals surface area contributed by atoms with Crippen LogP contribution in [0.1, 0.15) is 43.1 Å². The number of benzene rings is 1. The van der Waals surface area contributed by atoms with E-state index >= 15 is 0 Å². The van der Waals surface area contributed by atoms with Gasteiger partial charge in [-0.1, -0.05) is 29.8 Å². The van der Waals surface area contributed by atoms with Gasteiger partial charge < -0.3 is 5.73 Å². The summed E-state index contributed by atoms with van der Waals surface area (Å²) >= 11 is 0. The molecule has 2 aromatic rings. The molecule has 1 aromatic heterocycles. The molecule has 20 heavy (non-hydrogen) atoms. The molecule has 1 unspecified atom stereocenters. The maximum absolute atomic E-state index is 6.23. The first kappa shape index (κ1) is 14.8. The third kappa shape index (κ3) is 4.20. The molecule has 0 aliphatic rings. The third-order valence-electron chi connectivity index (χ3n) is 3.55. The Labute approximate surface area is 121 Å². The number of hydrogen-bond acceptors (Lipinski definition) is 2. The van der Waals surface area contributed by atoms with Gasteiger partial charge in [0.2, 0.25) is 0 Å². The molecule has 0 saturated carbocycles. The maximum atomic E-state index is 6.23. The van der Waals surface area contributed by atoms with Crippen molar-refractivity contribution in [3.63, 3.8) is 0 Å². The first-order valence-corrected chi connectivity index (χ1v) is 7.40. The minimum absolute atomic E-state index is 0.172. The van der Waals surface area contributed by atoms with E-state index in [1.165, 1.54) is 11.1 Å². The van der Waals surface area contributed by atoms with Crippen molar-refractivity contribution in [1.29, 1.82) is 0 Å². The molecule has 0 spiro atoms. The molecule has 2 N–H and O–H groups in total. The van der Waals surface area contributed by atoms with E-state index in [-0.39, 0.29) is 6.04 Å². The normalized spacial score (nSPS) is 12.8. The lowest BCUT2D eigenvalue weighted by Gasteiger charge is -2.10. The molecule has 2 rings (SSSR count). The third-order valence-corrected chi connectivity index (χ3v) is 3.55. The van der Waals surface area contributed by atoms with Crippen LogP contribution in [-0.2, 0) is 12.8 Å². The second-order valence-electron chi connectivity index (χ2n) is 5.87. The van der Waals surface area contributed by atoms with E-state index in [0.717, 1.165) is 25.0 Å². The van der Waals surface area contributed by atoms with Gasteiger partial charge in [0.15, 0.2) is 0 Å². The average molecular weight is 271 g/mol. The van der Waals surface area contributed by atoms with E-state index in [1.807, 2.05) is 10.9 Å². The zero-order valence-electron chi connectivity index (χ0n) is 12.7. The van der Waals surface area contributed by atoms with Gasteiger partial charge in [-0.05, 0) is 45.2 Å². The topological polar surface area (TPSA) is 43.8 Å². The molecule has 1 heterocycles. The lowest BCUT2D eigenvalue weighted by Crippen LogP contribution is -2.24. The number of aryl methyl sites for hydroxylation is 2. The fraction of sp³-hybridized carbons (Fsp3) is 0.471. The SMILES string of the molecule is Cc1cccc(CCC(N)Cc2ccn(C(C)C)n2)c1. The summed E-state index contributed by atoms with van der Waals surface area (Å²) in [6, 6.07) is 11.3. The zero-order valence-corrected chi connectivity index (χ0v) is 12.7. The highest BCUT2D eigenvalue weighted by atomic mass is 15.3. The highest BCUT2D eigenvalue weighted by Crippen LogP contribution is 2.11. The molecule has 0 saturated heterocycles. The molecular formula is C17H25N3. The van der Waals surface area contributed by atoms with Crippen LogP contribution in [-0.4, -0.2) is 15.8 Å². The number of rotatable bonds is 6. The second kappa shape index (κ2) is 6.71. The van der Waals surface area contributed by atoms with E-state index in [2.05, 4.69) is 56.2 Å². The van der Waals surface area contributed by atoms with E-state index in [9.17, 15) is 0 Å². The summed E-state index contributed by atoms with van der Waals surface area (Å²) in [5.74, 6) is 0. The summed E-state index contributed by atoms with van der Waals surface area (Å²) in [6.07, 6.45) is 4.92. The van der Waals surface area contributed by atoms with Crippen LogP contribution in [0.25, 0.3) is 0 Å². The summed E-state index contributed by atoms with van der Waals surface area (Å²) in [5.41, 5.74) is 10.0. The van der Waals surface area contributed by atoms with Crippen molar-refractivity contribution in [3.8, 4) is 0 Å². The summed E-state index contributed by atoms with van der Waals surface area (Å²) in [6.45, 7) is 6.39. The van der Waals surface area contributed by atoms with E-state index < -0.39 is 0 Å². The van der Waals surface area contributed by atoms with Crippen molar-refractivity contribution < 1.29 is 0 Å². The van der Waals surface area contributed by atoms with Crippen LogP contribution in [0.15, 0.2) is 36.5 Å². The standard InChI is InChI=1S/C17H25N3/c1-13(2)20-10-9-17(19-20)12-16(18)8-7-15-6-4-5-14(3)11-15/h4-6,9-11,13,16H,7-8,12,18H2,1-3H3. The Morgan fingerprint density at radius 3 is 2.70 bits per heavy atom. The fourth-order valence-electron chi connectivity index (χ4n) is 2.36. The predicted molar refractivity (Wildman–Crippen MR) is 83.8 cm³/mol. The van der Waals surface area contributed by atoms with Gasteiger partial charge in [0.25, 0.3) is 0 Å². The van der Waals surface area contributed by atoms with Crippen LogP contribution in [0.4, 0.5) is 0 Å². The Morgan fingerprint density at radius 2 is 2.05 bits per heavy atom. The van der Waals surface area contributed by atoms with Gasteiger partial charge in [0.05, 0.1) is 5.69 Å². The number of aromatic nitrogens is 2. The summed E-state index contributed by atoms with van der Waals surface area (Å²) in [7, 11) is 0. The highest BCUT2D eigenvalue weighted by molar-refractivity contribution is 5.22. The van der Waals surface area contributed by atoms with Crippen molar-refractivity contribution in [2.45, 2.75) is 52.1 Å². The Balaban J connectivity index is 1.84. The van der Waals surface area contributed by atoms with Gasteiger partial charge in [-0.3, -0.25) is 4.68 Å². The summed E-state index contributed by atoms with van der Waals surface area (Å²) < 4.78 is 1.99. The first-order chi connectivity index (χ1) is 9.54. The lowest BCUT2D eigenvalue weighted by molar-refractivity contribution is 0.518. The smallest absolute Gasteiger partial charge is 0.0640 e. The Kier molecular flexibility index (Phi) is 4.96. The quantitative estimate of drug-likeness (QED) is 0.876. The monoisotopic (exact) mass is 271 g/mol. The van der Waals surface area contributed by atoms with Crippen LogP contribution in [0.3, 0.4) is 0 Å². The molecule has 0 amide bonds. The highest BCUT2D eigenvalue weighted by Gasteiger charge is 2.08. The molecule has 1 aromatic carbocycles. The van der Waals surface area contributed by atoms with Gasteiger partial charge in [-0.25, -0.2) is 0 Å². The van der Waals surface area contributed by atoms with E-state index in [1.54, 1.807) is 0 Å². The molecule has 3 heteroatoms. The van der Waals surface area contributed by atoms with Crippen LogP contribution in [0.2, 0.25) is 0 Å². The van der Waals surface area contributed by atoms with Crippen molar-refractivity contribution in [2.75, 3.05) is 0 Å². The van der Waals surface area contributed by atoms with Gasteiger partial charge >= 0.3 is 0 Å². The maximum Gasteiger partial charge on any atom is 0.0640 e. The van der Waals surface area contributed by atoms with Crippen molar-refractivity contribution in [2.24, 2.45) is 5.73 Å². The van der Waals surface area contributed by atoms with E-state index in [0.29, 0.717) is 6.04 Å². The van der Waals surface area contributed by atoms with Gasteiger partial charge in [0.1, 0.15) is 0 Å². The van der Waals surface area contributed by atoms with Crippen LogP contribution in [0, 0.1) is 6.92 Å². The van der Waals surface area contributed by atoms with Crippen LogP contribution >= 0.6 is 0 Å². The fourth-order valence-corrected chi connectivity index (χ4v) is 2.36. The van der Waals surface area contributed by atoms with Crippen molar-refractivity contribution in [3.05, 3.63) is 53.3 Å². The van der Waals surface area contributed by atoms with Gasteiger partial charge in [-0.15, -0.1) is 0 Å². The Morgan fingerprint density at radius 1 is 1.25 bits per heavy atom. The number of nitrogens with two attached hydrogens (primary N) is 1. The molecule has 1 atom stereocenters. The minimum Gasteiger partial charge on any atom is -0.327 e. The number of hydrogen-bond donors (Lipinski definition) is 1. The predicted octanol–water partition coefficient (Wildman–Crippen LogP) is 3.28. The average Bonchev–Trinajstić information content (AvgIpc) is 2.85. The molecule has 0 aliphatic carbocycles. The summed E-state index contributed by atoms with van der Waals surface area (Å²) in [5, 5.41) is 4.56. The number of nitrogens with zero attached hydrogens (tertiary/aromatic N) is 2. The minimum atomic E-state index is 0.172. The molecule has 3 nitrogen and oxygen atoms in total. The Bertz CT molecular complexity index is 543. The Hall–Kier alpha value is -1.61. The molecule has 0 fully saturated rings. The van der Waals surface area contributed by atoms with Crippen molar-refractivity contribution in [1.82, 2.24) is 9.78 Å². The van der Waals surface area contributed by atoms with Crippen LogP contribution < -0.4 is 5.73 Å². The molecule has 0 bridgehead atoms. The van der Waals surface area contributed by atoms with Crippen LogP contribution in [0.5, 0.6) is 0 Å².